The second-order valence-corrected chi connectivity index (χ2v) is 7.95. The van der Waals surface area contributed by atoms with Gasteiger partial charge >= 0.3 is 0 Å². The van der Waals surface area contributed by atoms with Crippen molar-refractivity contribution in [3.8, 4) is 11.3 Å². The lowest BCUT2D eigenvalue weighted by Gasteiger charge is -2.26. The minimum Gasteiger partial charge on any atom is -0.379 e. The van der Waals surface area contributed by atoms with Crippen molar-refractivity contribution in [2.45, 2.75) is 13.3 Å². The normalized spacial score (nSPS) is 14.2. The second-order valence-electron chi connectivity index (χ2n) is 7.52. The molecule has 1 aliphatic rings. The molecule has 0 bridgehead atoms. The monoisotopic (exact) mass is 471 g/mol. The van der Waals surface area contributed by atoms with Crippen molar-refractivity contribution in [3.63, 3.8) is 0 Å². The number of carbonyl (C=O) groups is 1. The van der Waals surface area contributed by atoms with Gasteiger partial charge in [-0.3, -0.25) is 9.69 Å². The SMILES string of the molecule is Cc1nnc(-c2cc(Cl)ccc2F)cc1Nc1cc(NC(=O)CCN2CCOCC2)ncn1. The molecule has 0 unspecified atom stereocenters. The lowest BCUT2D eigenvalue weighted by molar-refractivity contribution is -0.116. The molecule has 1 aliphatic heterocycles. The van der Waals surface area contributed by atoms with Crippen molar-refractivity contribution in [3.05, 3.63) is 53.2 Å². The zero-order valence-corrected chi connectivity index (χ0v) is 18.8. The second kappa shape index (κ2) is 10.6. The van der Waals surface area contributed by atoms with E-state index in [1.54, 1.807) is 19.1 Å². The van der Waals surface area contributed by atoms with Gasteiger partial charge in [-0.25, -0.2) is 14.4 Å². The molecule has 1 fully saturated rings. The fraction of sp³-hybridized carbons (Fsp3) is 0.318. The number of anilines is 3. The van der Waals surface area contributed by atoms with Gasteiger partial charge in [0.15, 0.2) is 0 Å². The van der Waals surface area contributed by atoms with Gasteiger partial charge in [0.1, 0.15) is 23.8 Å². The van der Waals surface area contributed by atoms with Gasteiger partial charge in [-0.1, -0.05) is 11.6 Å². The number of morpholine rings is 1. The Morgan fingerprint density at radius 2 is 1.94 bits per heavy atom. The van der Waals surface area contributed by atoms with Crippen LogP contribution in [0.25, 0.3) is 11.3 Å². The molecule has 1 aromatic carbocycles. The Bertz CT molecular complexity index is 1140. The fourth-order valence-electron chi connectivity index (χ4n) is 3.33. The van der Waals surface area contributed by atoms with Crippen molar-refractivity contribution >= 4 is 34.8 Å². The molecule has 0 saturated carbocycles. The molecule has 0 aliphatic carbocycles. The molecular weight excluding hydrogens is 449 g/mol. The van der Waals surface area contributed by atoms with Crippen molar-refractivity contribution < 1.29 is 13.9 Å². The molecule has 3 heterocycles. The molecular formula is C22H23ClFN7O2. The van der Waals surface area contributed by atoms with E-state index >= 15 is 0 Å². The summed E-state index contributed by atoms with van der Waals surface area (Å²) in [6.07, 6.45) is 1.70. The van der Waals surface area contributed by atoms with Gasteiger partial charge in [0, 0.05) is 42.7 Å². The quantitative estimate of drug-likeness (QED) is 0.540. The van der Waals surface area contributed by atoms with Crippen LogP contribution < -0.4 is 10.6 Å². The van der Waals surface area contributed by atoms with E-state index < -0.39 is 5.82 Å². The standard InChI is InChI=1S/C22H23ClFN7O2/c1-14-18(11-19(30-29-14)16-10-15(23)2-3-17(16)24)27-20-12-21(26-13-25-20)28-22(32)4-5-31-6-8-33-9-7-31/h2-3,10-13H,4-9H2,1H3,(H2,25,26,27,28,30,32). The number of rotatable bonds is 7. The first-order valence-electron chi connectivity index (χ1n) is 10.5. The third-order valence-corrected chi connectivity index (χ3v) is 5.37. The summed E-state index contributed by atoms with van der Waals surface area (Å²) < 4.78 is 19.6. The molecule has 0 radical (unpaired) electrons. The summed E-state index contributed by atoms with van der Waals surface area (Å²) in [5.74, 6) is 0.238. The van der Waals surface area contributed by atoms with Gasteiger partial charge in [0.05, 0.1) is 30.3 Å². The van der Waals surface area contributed by atoms with Crippen LogP contribution in [0, 0.1) is 12.7 Å². The number of carbonyl (C=O) groups excluding carboxylic acids is 1. The van der Waals surface area contributed by atoms with E-state index in [2.05, 4.69) is 35.7 Å². The van der Waals surface area contributed by atoms with Crippen molar-refractivity contribution in [1.82, 2.24) is 25.1 Å². The number of aromatic nitrogens is 4. The van der Waals surface area contributed by atoms with Crippen LogP contribution in [0.4, 0.5) is 21.7 Å². The molecule has 1 amide bonds. The Morgan fingerprint density at radius 3 is 2.76 bits per heavy atom. The summed E-state index contributed by atoms with van der Waals surface area (Å²) >= 11 is 6.00. The van der Waals surface area contributed by atoms with Crippen LogP contribution in [-0.4, -0.2) is 63.8 Å². The van der Waals surface area contributed by atoms with Gasteiger partial charge in [0.2, 0.25) is 5.91 Å². The lowest BCUT2D eigenvalue weighted by atomic mass is 10.1. The Labute approximate surface area is 195 Å². The van der Waals surface area contributed by atoms with Crippen LogP contribution in [0.3, 0.4) is 0 Å². The zero-order chi connectivity index (χ0) is 23.2. The van der Waals surface area contributed by atoms with Crippen LogP contribution >= 0.6 is 11.6 Å². The molecule has 11 heteroatoms. The predicted molar refractivity (Wildman–Crippen MR) is 123 cm³/mol. The summed E-state index contributed by atoms with van der Waals surface area (Å²) in [7, 11) is 0. The lowest BCUT2D eigenvalue weighted by Crippen LogP contribution is -2.38. The molecule has 33 heavy (non-hydrogen) atoms. The van der Waals surface area contributed by atoms with Gasteiger partial charge < -0.3 is 15.4 Å². The van der Waals surface area contributed by atoms with Crippen LogP contribution in [0.1, 0.15) is 12.1 Å². The first-order chi connectivity index (χ1) is 16.0. The van der Waals surface area contributed by atoms with E-state index in [1.165, 1.54) is 24.5 Å². The average molecular weight is 472 g/mol. The van der Waals surface area contributed by atoms with Crippen molar-refractivity contribution in [1.29, 1.82) is 0 Å². The largest absolute Gasteiger partial charge is 0.379 e. The first-order valence-corrected chi connectivity index (χ1v) is 10.8. The fourth-order valence-corrected chi connectivity index (χ4v) is 3.50. The summed E-state index contributed by atoms with van der Waals surface area (Å²) in [6.45, 7) is 5.47. The molecule has 2 aromatic heterocycles. The summed E-state index contributed by atoms with van der Waals surface area (Å²) in [5, 5.41) is 14.5. The number of hydrogen-bond donors (Lipinski definition) is 2. The zero-order valence-electron chi connectivity index (χ0n) is 18.0. The number of nitrogens with one attached hydrogen (secondary N) is 2. The summed E-state index contributed by atoms with van der Waals surface area (Å²) in [5.41, 5.74) is 1.75. The molecule has 0 atom stereocenters. The highest BCUT2D eigenvalue weighted by molar-refractivity contribution is 6.30. The van der Waals surface area contributed by atoms with E-state index in [0.29, 0.717) is 59.9 Å². The molecule has 1 saturated heterocycles. The number of amides is 1. The Kier molecular flexibility index (Phi) is 7.38. The summed E-state index contributed by atoms with van der Waals surface area (Å²) in [6, 6.07) is 7.53. The van der Waals surface area contributed by atoms with E-state index in [4.69, 9.17) is 16.3 Å². The Morgan fingerprint density at radius 1 is 1.15 bits per heavy atom. The molecule has 3 aromatic rings. The topological polar surface area (TPSA) is 105 Å². The Hall–Kier alpha value is -3.21. The Balaban J connectivity index is 1.43. The van der Waals surface area contributed by atoms with Crippen molar-refractivity contribution in [2.75, 3.05) is 43.5 Å². The number of halogens is 2. The van der Waals surface area contributed by atoms with E-state index in [0.717, 1.165) is 13.1 Å². The maximum atomic E-state index is 14.3. The number of aryl methyl sites for hydroxylation is 1. The van der Waals surface area contributed by atoms with Crippen LogP contribution in [0.15, 0.2) is 36.7 Å². The molecule has 0 spiro atoms. The highest BCUT2D eigenvalue weighted by Gasteiger charge is 2.14. The maximum absolute atomic E-state index is 14.3. The first kappa shape index (κ1) is 23.0. The predicted octanol–water partition coefficient (Wildman–Crippen LogP) is 3.44. The summed E-state index contributed by atoms with van der Waals surface area (Å²) in [4.78, 5) is 22.8. The van der Waals surface area contributed by atoms with Gasteiger partial charge in [-0.05, 0) is 31.2 Å². The molecule has 172 valence electrons. The number of nitrogens with zero attached hydrogens (tertiary/aromatic N) is 5. The number of hydrogen-bond acceptors (Lipinski definition) is 8. The van der Waals surface area contributed by atoms with Crippen LogP contribution in [-0.2, 0) is 9.53 Å². The smallest absolute Gasteiger partial charge is 0.226 e. The van der Waals surface area contributed by atoms with Gasteiger partial charge in [0.25, 0.3) is 0 Å². The highest BCUT2D eigenvalue weighted by atomic mass is 35.5. The van der Waals surface area contributed by atoms with E-state index in [1.807, 2.05) is 0 Å². The minimum absolute atomic E-state index is 0.133. The third kappa shape index (κ3) is 6.19. The molecule has 4 rings (SSSR count). The molecule has 9 nitrogen and oxygen atoms in total. The highest BCUT2D eigenvalue weighted by Crippen LogP contribution is 2.28. The van der Waals surface area contributed by atoms with Crippen molar-refractivity contribution in [2.24, 2.45) is 0 Å². The molecule has 2 N–H and O–H groups in total. The number of ether oxygens (including phenoxy) is 1. The number of benzene rings is 1. The van der Waals surface area contributed by atoms with Crippen LogP contribution in [0.2, 0.25) is 5.02 Å². The van der Waals surface area contributed by atoms with Gasteiger partial charge in [-0.2, -0.15) is 10.2 Å². The van der Waals surface area contributed by atoms with Crippen LogP contribution in [0.5, 0.6) is 0 Å². The van der Waals surface area contributed by atoms with E-state index in [9.17, 15) is 9.18 Å². The van der Waals surface area contributed by atoms with Gasteiger partial charge in [-0.15, -0.1) is 0 Å². The maximum Gasteiger partial charge on any atom is 0.226 e. The van der Waals surface area contributed by atoms with E-state index in [-0.39, 0.29) is 11.5 Å². The minimum atomic E-state index is -0.451. The average Bonchev–Trinajstić information content (AvgIpc) is 2.82. The third-order valence-electron chi connectivity index (χ3n) is 5.14.